The molecule has 1 heterocycles. The van der Waals surface area contributed by atoms with Crippen LogP contribution in [0.25, 0.3) is 0 Å². The van der Waals surface area contributed by atoms with Crippen molar-refractivity contribution in [2.75, 3.05) is 5.75 Å². The van der Waals surface area contributed by atoms with E-state index in [9.17, 15) is 4.79 Å². The lowest BCUT2D eigenvalue weighted by Gasteiger charge is -2.00. The number of carbonyl (C=O) groups excluding carboxylic acids is 1. The summed E-state index contributed by atoms with van der Waals surface area (Å²) >= 11 is 1.76. The van der Waals surface area contributed by atoms with Gasteiger partial charge in [0.1, 0.15) is 5.69 Å². The monoisotopic (exact) mass is 233 g/mol. The number of nitrogens with zero attached hydrogens (tertiary/aromatic N) is 3. The molecule has 0 aliphatic heterocycles. The van der Waals surface area contributed by atoms with Gasteiger partial charge in [-0.05, 0) is 12.1 Å². The molecule has 1 aromatic carbocycles. The number of carbonyl (C=O) groups is 1. The van der Waals surface area contributed by atoms with E-state index in [-0.39, 0.29) is 0 Å². The average Bonchev–Trinajstić information content (AvgIpc) is 2.78. The van der Waals surface area contributed by atoms with Crippen molar-refractivity contribution in [3.05, 3.63) is 42.2 Å². The van der Waals surface area contributed by atoms with Gasteiger partial charge in [-0.3, -0.25) is 9.48 Å². The van der Waals surface area contributed by atoms with E-state index in [4.69, 9.17) is 0 Å². The smallest absolute Gasteiger partial charge is 0.171 e. The first kappa shape index (κ1) is 10.9. The van der Waals surface area contributed by atoms with Crippen LogP contribution in [0.2, 0.25) is 0 Å². The number of thioether (sulfide) groups is 1. The zero-order valence-electron chi connectivity index (χ0n) is 8.61. The maximum atomic E-state index is 10.4. The van der Waals surface area contributed by atoms with Crippen molar-refractivity contribution < 1.29 is 4.79 Å². The molecule has 2 aromatic rings. The lowest BCUT2D eigenvalue weighted by Crippen LogP contribution is -2.00. The minimum absolute atomic E-state index is 0.379. The third-order valence-electron chi connectivity index (χ3n) is 2.01. The van der Waals surface area contributed by atoms with Gasteiger partial charge in [-0.2, -0.15) is 0 Å². The average molecular weight is 233 g/mol. The first-order chi connectivity index (χ1) is 7.88. The largest absolute Gasteiger partial charge is 0.296 e. The molecule has 0 radical (unpaired) electrons. The molecule has 2 rings (SSSR count). The van der Waals surface area contributed by atoms with Crippen LogP contribution in [0.3, 0.4) is 0 Å². The molecule has 4 nitrogen and oxygen atoms in total. The molecule has 0 N–H and O–H groups in total. The number of aryl methyl sites for hydroxylation is 1. The van der Waals surface area contributed by atoms with Crippen molar-refractivity contribution in [3.8, 4) is 0 Å². The van der Waals surface area contributed by atoms with Gasteiger partial charge in [0.2, 0.25) is 0 Å². The summed E-state index contributed by atoms with van der Waals surface area (Å²) in [6.07, 6.45) is 2.35. The Hall–Kier alpha value is -1.62. The Morgan fingerprint density at radius 1 is 1.31 bits per heavy atom. The highest BCUT2D eigenvalue weighted by atomic mass is 32.2. The molecule has 0 amide bonds. The van der Waals surface area contributed by atoms with E-state index in [0.29, 0.717) is 12.0 Å². The number of benzene rings is 1. The SMILES string of the molecule is O=Cc1cn(CCSc2ccccc2)nn1. The van der Waals surface area contributed by atoms with Gasteiger partial charge in [0.05, 0.1) is 12.7 Å². The summed E-state index contributed by atoms with van der Waals surface area (Å²) in [6.45, 7) is 0.750. The third-order valence-corrected chi connectivity index (χ3v) is 3.00. The van der Waals surface area contributed by atoms with Crippen LogP contribution in [0, 0.1) is 0 Å². The molecule has 1 aromatic heterocycles. The van der Waals surface area contributed by atoms with E-state index in [1.807, 2.05) is 18.2 Å². The minimum Gasteiger partial charge on any atom is -0.296 e. The molecule has 0 saturated heterocycles. The summed E-state index contributed by atoms with van der Waals surface area (Å²) in [5, 5.41) is 7.54. The van der Waals surface area contributed by atoms with E-state index in [2.05, 4.69) is 22.4 Å². The number of hydrogen-bond donors (Lipinski definition) is 0. The van der Waals surface area contributed by atoms with E-state index in [1.54, 1.807) is 22.6 Å². The summed E-state index contributed by atoms with van der Waals surface area (Å²) in [6, 6.07) is 10.2. The van der Waals surface area contributed by atoms with Gasteiger partial charge >= 0.3 is 0 Å². The Morgan fingerprint density at radius 2 is 2.12 bits per heavy atom. The molecule has 0 aliphatic rings. The van der Waals surface area contributed by atoms with Gasteiger partial charge in [0, 0.05) is 10.6 Å². The quantitative estimate of drug-likeness (QED) is 0.584. The summed E-state index contributed by atoms with van der Waals surface area (Å²) in [5.74, 6) is 0.908. The van der Waals surface area contributed by atoms with Gasteiger partial charge < -0.3 is 0 Å². The fourth-order valence-corrected chi connectivity index (χ4v) is 2.11. The Morgan fingerprint density at radius 3 is 2.81 bits per heavy atom. The van der Waals surface area contributed by atoms with Crippen molar-refractivity contribution in [3.63, 3.8) is 0 Å². The highest BCUT2D eigenvalue weighted by molar-refractivity contribution is 7.99. The van der Waals surface area contributed by atoms with Gasteiger partial charge in [0.15, 0.2) is 6.29 Å². The predicted molar refractivity (Wildman–Crippen MR) is 62.6 cm³/mol. The lowest BCUT2D eigenvalue weighted by molar-refractivity contribution is 0.111. The summed E-state index contributed by atoms with van der Waals surface area (Å²) in [7, 11) is 0. The molecule has 5 heteroatoms. The topological polar surface area (TPSA) is 47.8 Å². The molecule has 16 heavy (non-hydrogen) atoms. The normalized spacial score (nSPS) is 10.2. The molecule has 0 fully saturated rings. The van der Waals surface area contributed by atoms with E-state index in [0.717, 1.165) is 12.3 Å². The van der Waals surface area contributed by atoms with Gasteiger partial charge in [0.25, 0.3) is 0 Å². The zero-order chi connectivity index (χ0) is 11.2. The van der Waals surface area contributed by atoms with E-state index < -0.39 is 0 Å². The Kier molecular flexibility index (Phi) is 3.71. The molecular formula is C11H11N3OS. The number of hydrogen-bond acceptors (Lipinski definition) is 4. The van der Waals surface area contributed by atoms with Gasteiger partial charge in [-0.1, -0.05) is 23.4 Å². The number of rotatable bonds is 5. The van der Waals surface area contributed by atoms with Crippen LogP contribution >= 0.6 is 11.8 Å². The second-order valence-electron chi connectivity index (χ2n) is 3.19. The molecular weight excluding hydrogens is 222 g/mol. The Balaban J connectivity index is 1.82. The van der Waals surface area contributed by atoms with Crippen LogP contribution < -0.4 is 0 Å². The second-order valence-corrected chi connectivity index (χ2v) is 4.35. The van der Waals surface area contributed by atoms with Crippen molar-refractivity contribution in [2.24, 2.45) is 0 Å². The molecule has 82 valence electrons. The maximum Gasteiger partial charge on any atom is 0.171 e. The highest BCUT2D eigenvalue weighted by Gasteiger charge is 1.98. The van der Waals surface area contributed by atoms with Crippen molar-refractivity contribution in [2.45, 2.75) is 11.4 Å². The molecule has 0 saturated carbocycles. The molecule has 0 unspecified atom stereocenters. The van der Waals surface area contributed by atoms with Crippen molar-refractivity contribution >= 4 is 18.0 Å². The van der Waals surface area contributed by atoms with Crippen molar-refractivity contribution in [1.82, 2.24) is 15.0 Å². The lowest BCUT2D eigenvalue weighted by atomic mass is 10.4. The molecule has 0 aliphatic carbocycles. The van der Waals surface area contributed by atoms with Crippen LogP contribution in [-0.2, 0) is 6.54 Å². The van der Waals surface area contributed by atoms with E-state index >= 15 is 0 Å². The second kappa shape index (κ2) is 5.46. The summed E-state index contributed by atoms with van der Waals surface area (Å²) in [5.41, 5.74) is 0.379. The van der Waals surface area contributed by atoms with Crippen LogP contribution in [0.15, 0.2) is 41.4 Å². The Bertz CT molecular complexity index is 455. The third kappa shape index (κ3) is 2.93. The van der Waals surface area contributed by atoms with Crippen molar-refractivity contribution in [1.29, 1.82) is 0 Å². The van der Waals surface area contributed by atoms with Crippen LogP contribution in [0.5, 0.6) is 0 Å². The maximum absolute atomic E-state index is 10.4. The fraction of sp³-hybridized carbons (Fsp3) is 0.182. The first-order valence-electron chi connectivity index (χ1n) is 4.91. The van der Waals surface area contributed by atoms with Crippen LogP contribution in [-0.4, -0.2) is 27.0 Å². The first-order valence-corrected chi connectivity index (χ1v) is 5.90. The van der Waals surface area contributed by atoms with Gasteiger partial charge in [-0.15, -0.1) is 16.9 Å². The highest BCUT2D eigenvalue weighted by Crippen LogP contribution is 2.16. The van der Waals surface area contributed by atoms with E-state index in [1.165, 1.54) is 4.90 Å². The zero-order valence-corrected chi connectivity index (χ0v) is 9.43. The Labute approximate surface area is 97.7 Å². The standard InChI is InChI=1S/C11H11N3OS/c15-9-10-8-14(13-12-10)6-7-16-11-4-2-1-3-5-11/h1-5,8-9H,6-7H2. The predicted octanol–water partition coefficient (Wildman–Crippen LogP) is 1.88. The molecule has 0 atom stereocenters. The van der Waals surface area contributed by atoms with Crippen LogP contribution in [0.4, 0.5) is 0 Å². The minimum atomic E-state index is 0.379. The molecule has 0 bridgehead atoms. The van der Waals surface area contributed by atoms with Gasteiger partial charge in [-0.25, -0.2) is 0 Å². The number of aldehydes is 1. The fourth-order valence-electron chi connectivity index (χ4n) is 1.25. The van der Waals surface area contributed by atoms with Crippen LogP contribution in [0.1, 0.15) is 10.5 Å². The summed E-state index contributed by atoms with van der Waals surface area (Å²) < 4.78 is 1.68. The summed E-state index contributed by atoms with van der Waals surface area (Å²) in [4.78, 5) is 11.6. The molecule has 0 spiro atoms. The number of aromatic nitrogens is 3.